The lowest BCUT2D eigenvalue weighted by Gasteiger charge is -2.21. The maximum atomic E-state index is 12.3. The molecule has 2 rings (SSSR count). The van der Waals surface area contributed by atoms with Gasteiger partial charge in [0.25, 0.3) is 0 Å². The van der Waals surface area contributed by atoms with Gasteiger partial charge in [0.05, 0.1) is 12.1 Å². The number of aromatic hydroxyl groups is 1. The number of phenols is 1. The third-order valence-corrected chi connectivity index (χ3v) is 3.71. The summed E-state index contributed by atoms with van der Waals surface area (Å²) in [5.41, 5.74) is 0.841. The third kappa shape index (κ3) is 5.25. The molecule has 1 unspecified atom stereocenters. The molecule has 0 radical (unpaired) electrons. The van der Waals surface area contributed by atoms with E-state index in [9.17, 15) is 14.7 Å². The molecule has 1 fully saturated rings. The van der Waals surface area contributed by atoms with E-state index in [4.69, 9.17) is 4.74 Å². The van der Waals surface area contributed by atoms with Gasteiger partial charge >= 0.3 is 5.97 Å². The number of rotatable bonds is 6. The van der Waals surface area contributed by atoms with E-state index in [0.717, 1.165) is 24.9 Å². The molecule has 0 aliphatic carbocycles. The van der Waals surface area contributed by atoms with E-state index in [1.807, 2.05) is 0 Å². The summed E-state index contributed by atoms with van der Waals surface area (Å²) in [6.45, 7) is 4.36. The van der Waals surface area contributed by atoms with Gasteiger partial charge in [-0.1, -0.05) is 12.1 Å². The van der Waals surface area contributed by atoms with Crippen molar-refractivity contribution in [2.45, 2.75) is 51.3 Å². The molecule has 1 aromatic carbocycles. The van der Waals surface area contributed by atoms with E-state index >= 15 is 0 Å². The lowest BCUT2D eigenvalue weighted by atomic mass is 10.0. The number of carbonyl (C=O) groups is 2. The first-order chi connectivity index (χ1) is 11.0. The Balaban J connectivity index is 2.05. The Morgan fingerprint density at radius 1 is 1.35 bits per heavy atom. The Morgan fingerprint density at radius 3 is 2.61 bits per heavy atom. The highest BCUT2D eigenvalue weighted by Gasteiger charge is 2.28. The summed E-state index contributed by atoms with van der Waals surface area (Å²) < 4.78 is 5.25. The highest BCUT2D eigenvalue weighted by molar-refractivity contribution is 5.88. The number of amides is 1. The topological polar surface area (TPSA) is 87.7 Å². The van der Waals surface area contributed by atoms with Gasteiger partial charge in [-0.25, -0.2) is 4.79 Å². The number of hydrogen-bond acceptors (Lipinski definition) is 5. The minimum atomic E-state index is -0.739. The maximum absolute atomic E-state index is 12.3. The first-order valence-electron chi connectivity index (χ1n) is 7.98. The second kappa shape index (κ2) is 7.97. The summed E-state index contributed by atoms with van der Waals surface area (Å²) in [5, 5.41) is 15.2. The summed E-state index contributed by atoms with van der Waals surface area (Å²) in [6.07, 6.45) is 1.81. The van der Waals surface area contributed by atoms with Crippen LogP contribution in [0, 0.1) is 0 Å². The number of carbonyl (C=O) groups excluding carboxylic acids is 2. The minimum absolute atomic E-state index is 0.161. The smallest absolute Gasteiger partial charge is 0.329 e. The molecule has 6 heteroatoms. The first-order valence-corrected chi connectivity index (χ1v) is 7.98. The normalized spacial score (nSPS) is 18.7. The molecule has 1 aliphatic rings. The highest BCUT2D eigenvalue weighted by atomic mass is 16.5. The molecular formula is C17H24N2O4. The van der Waals surface area contributed by atoms with Gasteiger partial charge < -0.3 is 20.5 Å². The van der Waals surface area contributed by atoms with Crippen molar-refractivity contribution >= 4 is 11.9 Å². The van der Waals surface area contributed by atoms with E-state index in [1.165, 1.54) is 0 Å². The zero-order valence-electron chi connectivity index (χ0n) is 13.5. The van der Waals surface area contributed by atoms with Crippen molar-refractivity contribution in [2.75, 3.05) is 6.54 Å². The van der Waals surface area contributed by atoms with Gasteiger partial charge in [0, 0.05) is 6.42 Å². The van der Waals surface area contributed by atoms with E-state index in [1.54, 1.807) is 38.1 Å². The van der Waals surface area contributed by atoms with E-state index in [2.05, 4.69) is 10.6 Å². The monoisotopic (exact) mass is 320 g/mol. The van der Waals surface area contributed by atoms with Gasteiger partial charge in [-0.05, 0) is 50.9 Å². The van der Waals surface area contributed by atoms with Crippen LogP contribution in [-0.2, 0) is 20.7 Å². The van der Waals surface area contributed by atoms with Crippen LogP contribution in [-0.4, -0.2) is 41.7 Å². The fourth-order valence-electron chi connectivity index (χ4n) is 2.56. The summed E-state index contributed by atoms with van der Waals surface area (Å²) in [6, 6.07) is 5.58. The molecule has 1 saturated heterocycles. The standard InChI is InChI=1S/C17H24N2O4/c1-11(2)23-17(22)15(10-12-5-7-13(20)8-6-12)19-16(21)14-4-3-9-18-14/h5-8,11,14-15,18,20H,3-4,9-10H2,1-2H3,(H,19,21)/t14-,15?/m0/s1. The fourth-order valence-corrected chi connectivity index (χ4v) is 2.56. The zero-order valence-corrected chi connectivity index (χ0v) is 13.5. The molecule has 1 amide bonds. The van der Waals surface area contributed by atoms with E-state index < -0.39 is 12.0 Å². The highest BCUT2D eigenvalue weighted by Crippen LogP contribution is 2.13. The van der Waals surface area contributed by atoms with Crippen LogP contribution in [0.3, 0.4) is 0 Å². The van der Waals surface area contributed by atoms with Crippen LogP contribution in [0.5, 0.6) is 5.75 Å². The molecule has 1 aliphatic heterocycles. The second-order valence-corrected chi connectivity index (χ2v) is 6.07. The van der Waals surface area contributed by atoms with Crippen molar-refractivity contribution in [3.8, 4) is 5.75 Å². The molecule has 3 N–H and O–H groups in total. The van der Waals surface area contributed by atoms with Gasteiger partial charge in [-0.3, -0.25) is 4.79 Å². The molecule has 1 aromatic rings. The largest absolute Gasteiger partial charge is 0.508 e. The summed E-state index contributed by atoms with van der Waals surface area (Å²) in [4.78, 5) is 24.5. The number of nitrogens with one attached hydrogen (secondary N) is 2. The van der Waals surface area contributed by atoms with Crippen LogP contribution in [0.4, 0.5) is 0 Å². The predicted octanol–water partition coefficient (Wildman–Crippen LogP) is 1.12. The van der Waals surface area contributed by atoms with Crippen LogP contribution in [0.1, 0.15) is 32.3 Å². The molecule has 1 heterocycles. The maximum Gasteiger partial charge on any atom is 0.329 e. The van der Waals surface area contributed by atoms with Crippen molar-refractivity contribution in [1.29, 1.82) is 0 Å². The Labute approximate surface area is 136 Å². The number of hydrogen-bond donors (Lipinski definition) is 3. The second-order valence-electron chi connectivity index (χ2n) is 6.07. The van der Waals surface area contributed by atoms with Crippen molar-refractivity contribution < 1.29 is 19.4 Å². The van der Waals surface area contributed by atoms with Gasteiger partial charge in [0.2, 0.25) is 5.91 Å². The van der Waals surface area contributed by atoms with Crippen LogP contribution in [0.2, 0.25) is 0 Å². The molecule has 0 bridgehead atoms. The predicted molar refractivity (Wildman–Crippen MR) is 86.0 cm³/mol. The number of benzene rings is 1. The Hall–Kier alpha value is -2.08. The zero-order chi connectivity index (χ0) is 16.8. The SMILES string of the molecule is CC(C)OC(=O)C(Cc1ccc(O)cc1)NC(=O)[C@@H]1CCCN1. The molecule has 0 aromatic heterocycles. The molecule has 23 heavy (non-hydrogen) atoms. The van der Waals surface area contributed by atoms with Gasteiger partial charge in [-0.2, -0.15) is 0 Å². The Bertz CT molecular complexity index is 536. The van der Waals surface area contributed by atoms with E-state index in [0.29, 0.717) is 6.42 Å². The quantitative estimate of drug-likeness (QED) is 0.684. The average Bonchev–Trinajstić information content (AvgIpc) is 3.02. The van der Waals surface area contributed by atoms with Gasteiger partial charge in [0.15, 0.2) is 0 Å². The van der Waals surface area contributed by atoms with Crippen LogP contribution >= 0.6 is 0 Å². The molecule has 6 nitrogen and oxygen atoms in total. The van der Waals surface area contributed by atoms with Gasteiger partial charge in [-0.15, -0.1) is 0 Å². The Morgan fingerprint density at radius 2 is 2.04 bits per heavy atom. The summed E-state index contributed by atoms with van der Waals surface area (Å²) in [5.74, 6) is -0.458. The van der Waals surface area contributed by atoms with Crippen molar-refractivity contribution in [3.05, 3.63) is 29.8 Å². The molecular weight excluding hydrogens is 296 g/mol. The number of phenolic OH excluding ortho intramolecular Hbond substituents is 1. The Kier molecular flexibility index (Phi) is 5.98. The molecule has 0 saturated carbocycles. The van der Waals surface area contributed by atoms with Crippen molar-refractivity contribution in [2.24, 2.45) is 0 Å². The third-order valence-electron chi connectivity index (χ3n) is 3.71. The lowest BCUT2D eigenvalue weighted by molar-refractivity contribution is -0.151. The van der Waals surface area contributed by atoms with Gasteiger partial charge in [0.1, 0.15) is 11.8 Å². The fraction of sp³-hybridized carbons (Fsp3) is 0.529. The van der Waals surface area contributed by atoms with Crippen LogP contribution in [0.15, 0.2) is 24.3 Å². The lowest BCUT2D eigenvalue weighted by Crippen LogP contribution is -2.50. The minimum Gasteiger partial charge on any atom is -0.508 e. The molecule has 126 valence electrons. The molecule has 2 atom stereocenters. The van der Waals surface area contributed by atoms with Crippen molar-refractivity contribution in [3.63, 3.8) is 0 Å². The average molecular weight is 320 g/mol. The van der Waals surface area contributed by atoms with Crippen LogP contribution < -0.4 is 10.6 Å². The summed E-state index contributed by atoms with van der Waals surface area (Å²) in [7, 11) is 0. The number of ether oxygens (including phenoxy) is 1. The first kappa shape index (κ1) is 17.3. The summed E-state index contributed by atoms with van der Waals surface area (Å²) >= 11 is 0. The van der Waals surface area contributed by atoms with Crippen LogP contribution in [0.25, 0.3) is 0 Å². The van der Waals surface area contributed by atoms with E-state index in [-0.39, 0.29) is 23.8 Å². The van der Waals surface area contributed by atoms with Crippen molar-refractivity contribution in [1.82, 2.24) is 10.6 Å². The number of esters is 1. The molecule has 0 spiro atoms.